The molecular weight excluding hydrogens is 306 g/mol. The Morgan fingerprint density at radius 1 is 1.37 bits per heavy atom. The van der Waals surface area contributed by atoms with E-state index in [1.54, 1.807) is 14.2 Å². The van der Waals surface area contributed by atoms with Crippen LogP contribution in [-0.2, 0) is 12.8 Å². The zero-order valence-electron chi connectivity index (χ0n) is 11.9. The largest absolute Gasteiger partial charge is 0.493 e. The van der Waals surface area contributed by atoms with Crippen molar-refractivity contribution in [2.75, 3.05) is 20.8 Å². The molecule has 0 spiro atoms. The molecule has 106 valence electrons. The van der Waals surface area contributed by atoms with Gasteiger partial charge in [0.1, 0.15) is 0 Å². The van der Waals surface area contributed by atoms with Crippen molar-refractivity contribution in [1.29, 1.82) is 0 Å². The van der Waals surface area contributed by atoms with Gasteiger partial charge in [-0.3, -0.25) is 0 Å². The average molecular weight is 328 g/mol. The molecule has 1 aliphatic heterocycles. The molecule has 1 fully saturated rings. The molecule has 0 bridgehead atoms. The number of methoxy groups -OCH3 is 2. The van der Waals surface area contributed by atoms with Gasteiger partial charge in [-0.2, -0.15) is 0 Å². The molecule has 1 aliphatic rings. The number of rotatable bonds is 5. The summed E-state index contributed by atoms with van der Waals surface area (Å²) in [6.07, 6.45) is 4.45. The topological polar surface area (TPSA) is 30.5 Å². The van der Waals surface area contributed by atoms with E-state index in [9.17, 15) is 0 Å². The molecule has 1 N–H and O–H groups in total. The van der Waals surface area contributed by atoms with E-state index < -0.39 is 0 Å². The first kappa shape index (κ1) is 14.7. The van der Waals surface area contributed by atoms with Gasteiger partial charge in [0.2, 0.25) is 0 Å². The summed E-state index contributed by atoms with van der Waals surface area (Å²) in [6.45, 7) is 3.28. The van der Waals surface area contributed by atoms with Gasteiger partial charge in [-0.25, -0.2) is 0 Å². The molecule has 0 aromatic heterocycles. The molecule has 0 saturated carbocycles. The second kappa shape index (κ2) is 6.62. The molecule has 1 heterocycles. The van der Waals surface area contributed by atoms with Crippen LogP contribution in [0.25, 0.3) is 0 Å². The summed E-state index contributed by atoms with van der Waals surface area (Å²) in [4.78, 5) is 0. The predicted molar refractivity (Wildman–Crippen MR) is 81.4 cm³/mol. The normalized spacial score (nSPS) is 18.6. The molecule has 0 radical (unpaired) electrons. The van der Waals surface area contributed by atoms with E-state index in [2.05, 4.69) is 34.2 Å². The minimum atomic E-state index is 0.544. The van der Waals surface area contributed by atoms with Gasteiger partial charge >= 0.3 is 0 Å². The molecule has 1 aromatic carbocycles. The van der Waals surface area contributed by atoms with Crippen LogP contribution in [0.2, 0.25) is 0 Å². The summed E-state index contributed by atoms with van der Waals surface area (Å²) in [5.41, 5.74) is 2.49. The number of nitrogens with one attached hydrogen (secondary N) is 1. The molecule has 19 heavy (non-hydrogen) atoms. The number of halogens is 1. The van der Waals surface area contributed by atoms with Gasteiger partial charge in [0.25, 0.3) is 0 Å². The van der Waals surface area contributed by atoms with Crippen LogP contribution in [0.1, 0.15) is 30.9 Å². The maximum atomic E-state index is 5.58. The highest BCUT2D eigenvalue weighted by Crippen LogP contribution is 2.40. The van der Waals surface area contributed by atoms with E-state index in [-0.39, 0.29) is 0 Å². The third-order valence-corrected chi connectivity index (χ3v) is 4.76. The first-order valence-corrected chi connectivity index (χ1v) is 7.66. The van der Waals surface area contributed by atoms with E-state index in [1.807, 2.05) is 0 Å². The lowest BCUT2D eigenvalue weighted by Gasteiger charge is -2.19. The maximum Gasteiger partial charge on any atom is 0.165 e. The average Bonchev–Trinajstić information content (AvgIpc) is 2.93. The lowest BCUT2D eigenvalue weighted by molar-refractivity contribution is 0.349. The Hall–Kier alpha value is -0.740. The summed E-state index contributed by atoms with van der Waals surface area (Å²) in [6, 6.07) is 2.61. The monoisotopic (exact) mass is 327 g/mol. The van der Waals surface area contributed by atoms with Gasteiger partial charge in [0.15, 0.2) is 11.5 Å². The van der Waals surface area contributed by atoms with Crippen molar-refractivity contribution in [1.82, 2.24) is 5.32 Å². The number of benzene rings is 1. The van der Waals surface area contributed by atoms with Gasteiger partial charge in [-0.05, 0) is 43.9 Å². The van der Waals surface area contributed by atoms with E-state index >= 15 is 0 Å². The Bertz CT molecular complexity index is 442. The van der Waals surface area contributed by atoms with Gasteiger partial charge < -0.3 is 14.8 Å². The highest BCUT2D eigenvalue weighted by Gasteiger charge is 2.22. The smallest absolute Gasteiger partial charge is 0.165 e. The summed E-state index contributed by atoms with van der Waals surface area (Å²) < 4.78 is 12.2. The van der Waals surface area contributed by atoms with E-state index in [4.69, 9.17) is 9.47 Å². The third-order valence-electron chi connectivity index (χ3n) is 3.77. The highest BCUT2D eigenvalue weighted by atomic mass is 79.9. The SMILES string of the molecule is CCc1cc(OC)c(OC)c(CC2CCCN2)c1Br. The Balaban J connectivity index is 2.41. The number of hydrogen-bond acceptors (Lipinski definition) is 3. The van der Waals surface area contributed by atoms with Crippen molar-refractivity contribution in [3.8, 4) is 11.5 Å². The Morgan fingerprint density at radius 2 is 2.16 bits per heavy atom. The molecule has 1 aromatic rings. The zero-order chi connectivity index (χ0) is 13.8. The Morgan fingerprint density at radius 3 is 2.68 bits per heavy atom. The number of ether oxygens (including phenoxy) is 2. The van der Waals surface area contributed by atoms with Crippen LogP contribution in [-0.4, -0.2) is 26.8 Å². The maximum absolute atomic E-state index is 5.58. The van der Waals surface area contributed by atoms with Crippen molar-refractivity contribution >= 4 is 15.9 Å². The molecule has 1 saturated heterocycles. The van der Waals surface area contributed by atoms with Crippen molar-refractivity contribution in [2.45, 2.75) is 38.6 Å². The van der Waals surface area contributed by atoms with Crippen molar-refractivity contribution in [3.63, 3.8) is 0 Å². The lowest BCUT2D eigenvalue weighted by Crippen LogP contribution is -2.24. The third kappa shape index (κ3) is 3.06. The van der Waals surface area contributed by atoms with Gasteiger partial charge in [0, 0.05) is 16.1 Å². The Labute approximate surface area is 123 Å². The minimum absolute atomic E-state index is 0.544. The van der Waals surface area contributed by atoms with Crippen LogP contribution in [0.3, 0.4) is 0 Å². The zero-order valence-corrected chi connectivity index (χ0v) is 13.5. The highest BCUT2D eigenvalue weighted by molar-refractivity contribution is 9.10. The summed E-state index contributed by atoms with van der Waals surface area (Å²) >= 11 is 3.74. The van der Waals surface area contributed by atoms with Crippen LogP contribution < -0.4 is 14.8 Å². The molecule has 1 atom stereocenters. The van der Waals surface area contributed by atoms with Crippen molar-refractivity contribution < 1.29 is 9.47 Å². The van der Waals surface area contributed by atoms with E-state index in [0.717, 1.165) is 30.9 Å². The van der Waals surface area contributed by atoms with Crippen molar-refractivity contribution in [3.05, 3.63) is 21.7 Å². The second-order valence-electron chi connectivity index (χ2n) is 4.91. The lowest BCUT2D eigenvalue weighted by atomic mass is 9.99. The van der Waals surface area contributed by atoms with Crippen LogP contribution in [0, 0.1) is 0 Å². The van der Waals surface area contributed by atoms with E-state index in [1.165, 1.54) is 28.4 Å². The van der Waals surface area contributed by atoms with Gasteiger partial charge in [0.05, 0.1) is 14.2 Å². The first-order valence-electron chi connectivity index (χ1n) is 6.86. The summed E-state index contributed by atoms with van der Waals surface area (Å²) in [5, 5.41) is 3.54. The first-order chi connectivity index (χ1) is 9.21. The molecule has 1 unspecified atom stereocenters. The van der Waals surface area contributed by atoms with Crippen molar-refractivity contribution in [2.24, 2.45) is 0 Å². The second-order valence-corrected chi connectivity index (χ2v) is 5.71. The molecule has 3 nitrogen and oxygen atoms in total. The fourth-order valence-electron chi connectivity index (χ4n) is 2.72. The fraction of sp³-hybridized carbons (Fsp3) is 0.600. The molecule has 2 rings (SSSR count). The summed E-state index contributed by atoms with van der Waals surface area (Å²) in [7, 11) is 3.41. The molecule has 0 aliphatic carbocycles. The fourth-order valence-corrected chi connectivity index (χ4v) is 3.46. The van der Waals surface area contributed by atoms with Crippen LogP contribution in [0.4, 0.5) is 0 Å². The quantitative estimate of drug-likeness (QED) is 0.899. The molecular formula is C15H22BrNO2. The minimum Gasteiger partial charge on any atom is -0.493 e. The van der Waals surface area contributed by atoms with Gasteiger partial charge in [-0.1, -0.05) is 22.9 Å². The van der Waals surface area contributed by atoms with Crippen LogP contribution in [0.15, 0.2) is 10.5 Å². The molecule has 0 amide bonds. The number of hydrogen-bond donors (Lipinski definition) is 1. The van der Waals surface area contributed by atoms with Crippen LogP contribution in [0.5, 0.6) is 11.5 Å². The predicted octanol–water partition coefficient (Wildman–Crippen LogP) is 3.32. The number of aryl methyl sites for hydroxylation is 1. The van der Waals surface area contributed by atoms with Crippen LogP contribution >= 0.6 is 15.9 Å². The summed E-state index contributed by atoms with van der Waals surface area (Å²) in [5.74, 6) is 1.69. The van der Waals surface area contributed by atoms with Gasteiger partial charge in [-0.15, -0.1) is 0 Å². The Kier molecular flexibility index (Phi) is 5.11. The van der Waals surface area contributed by atoms with E-state index in [0.29, 0.717) is 6.04 Å². The standard InChI is InChI=1S/C15H22BrNO2/c1-4-10-8-13(18-2)15(19-3)12(14(10)16)9-11-6-5-7-17-11/h8,11,17H,4-7,9H2,1-3H3. The molecule has 4 heteroatoms.